The lowest BCUT2D eigenvalue weighted by atomic mass is 9.81. The molecule has 7 heteroatoms. The van der Waals surface area contributed by atoms with Crippen LogP contribution in [0.15, 0.2) is 53.2 Å². The fraction of sp³-hybridized carbons (Fsp3) is 0.500. The maximum absolute atomic E-state index is 14.3. The third kappa shape index (κ3) is 4.59. The number of pyridine rings is 1. The Labute approximate surface area is 194 Å². The highest BCUT2D eigenvalue weighted by molar-refractivity contribution is 5.60. The largest absolute Gasteiger partial charge is 0.372 e. The summed E-state index contributed by atoms with van der Waals surface area (Å²) in [4.78, 5) is 26.0. The van der Waals surface area contributed by atoms with Crippen LogP contribution < -0.4 is 10.5 Å². The molecular weight excluding hydrogens is 417 g/mol. The molecule has 0 N–H and O–H groups in total. The summed E-state index contributed by atoms with van der Waals surface area (Å²) in [5.41, 5.74) is 1.87. The molecule has 3 aliphatic rings. The molecule has 0 saturated carbocycles. The van der Waals surface area contributed by atoms with Crippen molar-refractivity contribution in [1.29, 1.82) is 0 Å². The minimum atomic E-state index is -0.468. The molecule has 0 bridgehead atoms. The maximum atomic E-state index is 14.3. The molecule has 174 valence electrons. The molecule has 1 aliphatic carbocycles. The zero-order valence-electron chi connectivity index (χ0n) is 19.3. The lowest BCUT2D eigenvalue weighted by Crippen LogP contribution is -2.41. The lowest BCUT2D eigenvalue weighted by Gasteiger charge is -2.38. The monoisotopic (exact) mass is 449 g/mol. The fourth-order valence-electron chi connectivity index (χ4n) is 5.43. The van der Waals surface area contributed by atoms with Crippen molar-refractivity contribution in [2.24, 2.45) is 18.9 Å². The van der Waals surface area contributed by atoms with Crippen LogP contribution in [-0.2, 0) is 7.05 Å². The Morgan fingerprint density at radius 1 is 1.09 bits per heavy atom. The maximum Gasteiger partial charge on any atom is 0.255 e. The number of rotatable bonds is 4. The number of hydrogen-bond acceptors (Lipinski definition) is 5. The lowest BCUT2D eigenvalue weighted by molar-refractivity contribution is 0.283. The highest BCUT2D eigenvalue weighted by atomic mass is 19.1. The average Bonchev–Trinajstić information content (AvgIpc) is 2.87. The molecule has 0 aromatic carbocycles. The van der Waals surface area contributed by atoms with Gasteiger partial charge in [-0.05, 0) is 62.5 Å². The van der Waals surface area contributed by atoms with E-state index in [-0.39, 0.29) is 5.56 Å². The van der Waals surface area contributed by atoms with Gasteiger partial charge in [0.05, 0.1) is 11.9 Å². The molecule has 2 saturated heterocycles. The second-order valence-corrected chi connectivity index (χ2v) is 9.48. The molecule has 0 radical (unpaired) electrons. The van der Waals surface area contributed by atoms with Gasteiger partial charge >= 0.3 is 0 Å². The minimum absolute atomic E-state index is 0.181. The second kappa shape index (κ2) is 9.49. The molecule has 1 unspecified atom stereocenters. The van der Waals surface area contributed by atoms with Crippen molar-refractivity contribution in [3.8, 4) is 11.3 Å². The quantitative estimate of drug-likeness (QED) is 0.702. The summed E-state index contributed by atoms with van der Waals surface area (Å²) in [5, 5.41) is 0. The molecule has 2 aliphatic heterocycles. The first-order chi connectivity index (χ1) is 16.1. The van der Waals surface area contributed by atoms with E-state index in [4.69, 9.17) is 4.98 Å². The van der Waals surface area contributed by atoms with Crippen LogP contribution in [0.4, 0.5) is 10.3 Å². The van der Waals surface area contributed by atoms with E-state index in [9.17, 15) is 9.18 Å². The van der Waals surface area contributed by atoms with Gasteiger partial charge in [0.25, 0.3) is 5.56 Å². The van der Waals surface area contributed by atoms with Gasteiger partial charge in [-0.25, -0.2) is 9.37 Å². The molecule has 33 heavy (non-hydrogen) atoms. The number of nitrogens with zero attached hydrogens (tertiary/aromatic N) is 5. The summed E-state index contributed by atoms with van der Waals surface area (Å²) in [7, 11) is 1.75. The van der Waals surface area contributed by atoms with Crippen LogP contribution in [0, 0.1) is 17.7 Å². The number of allylic oxidation sites excluding steroid dienone is 3. The van der Waals surface area contributed by atoms with Crippen molar-refractivity contribution in [2.75, 3.05) is 31.1 Å². The first-order valence-electron chi connectivity index (χ1n) is 12.2. The van der Waals surface area contributed by atoms with Crippen LogP contribution in [0.5, 0.6) is 0 Å². The first kappa shape index (κ1) is 21.9. The molecule has 6 nitrogen and oxygen atoms in total. The molecule has 0 amide bonds. The number of anilines is 1. The highest BCUT2D eigenvalue weighted by Gasteiger charge is 2.29. The Morgan fingerprint density at radius 3 is 2.67 bits per heavy atom. The zero-order valence-corrected chi connectivity index (χ0v) is 19.3. The van der Waals surface area contributed by atoms with Gasteiger partial charge in [-0.2, -0.15) is 0 Å². The summed E-state index contributed by atoms with van der Waals surface area (Å²) in [6, 6.07) is 2.97. The van der Waals surface area contributed by atoms with Crippen molar-refractivity contribution in [2.45, 2.75) is 38.5 Å². The van der Waals surface area contributed by atoms with Gasteiger partial charge in [-0.1, -0.05) is 12.2 Å². The van der Waals surface area contributed by atoms with E-state index in [0.29, 0.717) is 29.0 Å². The second-order valence-electron chi connectivity index (χ2n) is 9.48. The smallest absolute Gasteiger partial charge is 0.255 e. The number of likely N-dealkylation sites (tertiary alicyclic amines) is 1. The van der Waals surface area contributed by atoms with Crippen molar-refractivity contribution >= 4 is 5.95 Å². The standard InChI is InChI=1S/C26H32FN5O/c1-30-25(33)16-24(22-11-12-28-17-23(22)27)29-26(30)32-15-5-6-20(18-32)19-7-9-21(10-8-19)31-13-3-2-4-14-31/h7,9-12,16-17,19-20H,2-6,8,13-15,18H2,1H3/t19?,20-/m0/s1. The van der Waals surface area contributed by atoms with Crippen molar-refractivity contribution < 1.29 is 4.39 Å². The van der Waals surface area contributed by atoms with Crippen molar-refractivity contribution in [1.82, 2.24) is 19.4 Å². The summed E-state index contributed by atoms with van der Waals surface area (Å²) < 4.78 is 15.9. The number of piperidine rings is 2. The number of hydrogen-bond donors (Lipinski definition) is 0. The Balaban J connectivity index is 1.33. The summed E-state index contributed by atoms with van der Waals surface area (Å²) >= 11 is 0. The Kier molecular flexibility index (Phi) is 6.29. The van der Waals surface area contributed by atoms with Crippen molar-refractivity contribution in [3.63, 3.8) is 0 Å². The predicted molar refractivity (Wildman–Crippen MR) is 128 cm³/mol. The van der Waals surface area contributed by atoms with Gasteiger partial charge in [-0.3, -0.25) is 14.3 Å². The minimum Gasteiger partial charge on any atom is -0.372 e. The summed E-state index contributed by atoms with van der Waals surface area (Å²) in [6.45, 7) is 4.05. The highest BCUT2D eigenvalue weighted by Crippen LogP contribution is 2.33. The number of halogens is 1. The molecule has 5 rings (SSSR count). The van der Waals surface area contributed by atoms with E-state index >= 15 is 0 Å². The van der Waals surface area contributed by atoms with E-state index < -0.39 is 5.82 Å². The summed E-state index contributed by atoms with van der Waals surface area (Å²) in [6.07, 6.45) is 17.0. The first-order valence-corrected chi connectivity index (χ1v) is 12.2. The van der Waals surface area contributed by atoms with Crippen LogP contribution in [0.2, 0.25) is 0 Å². The van der Waals surface area contributed by atoms with Gasteiger partial charge in [0.2, 0.25) is 5.95 Å². The molecule has 2 aromatic heterocycles. The van der Waals surface area contributed by atoms with Gasteiger partial charge in [0, 0.05) is 56.8 Å². The Hall–Kier alpha value is -2.96. The van der Waals surface area contributed by atoms with Crippen LogP contribution in [0.1, 0.15) is 38.5 Å². The van der Waals surface area contributed by atoms with E-state index in [1.165, 1.54) is 56.7 Å². The van der Waals surface area contributed by atoms with Crippen LogP contribution in [0.25, 0.3) is 11.3 Å². The van der Waals surface area contributed by atoms with Crippen LogP contribution in [-0.4, -0.2) is 45.6 Å². The molecule has 2 aromatic rings. The molecular formula is C26H32FN5O. The predicted octanol–water partition coefficient (Wildman–Crippen LogP) is 4.14. The van der Waals surface area contributed by atoms with E-state index in [1.807, 2.05) is 0 Å². The van der Waals surface area contributed by atoms with Crippen LogP contribution >= 0.6 is 0 Å². The fourth-order valence-corrected chi connectivity index (χ4v) is 5.43. The average molecular weight is 450 g/mol. The summed E-state index contributed by atoms with van der Waals surface area (Å²) in [5.74, 6) is 1.15. The zero-order chi connectivity index (χ0) is 22.8. The van der Waals surface area contributed by atoms with Gasteiger partial charge < -0.3 is 9.80 Å². The van der Waals surface area contributed by atoms with Gasteiger partial charge in [-0.15, -0.1) is 0 Å². The van der Waals surface area contributed by atoms with E-state index in [2.05, 4.69) is 33.0 Å². The van der Waals surface area contributed by atoms with Gasteiger partial charge in [0.15, 0.2) is 5.82 Å². The molecule has 2 fully saturated rings. The molecule has 0 spiro atoms. The van der Waals surface area contributed by atoms with E-state index in [1.54, 1.807) is 17.7 Å². The number of aromatic nitrogens is 3. The third-order valence-corrected chi connectivity index (χ3v) is 7.34. The molecule has 4 heterocycles. The Bertz CT molecular complexity index is 1120. The normalized spacial score (nSPS) is 23.5. The Morgan fingerprint density at radius 2 is 1.91 bits per heavy atom. The van der Waals surface area contributed by atoms with Gasteiger partial charge in [0.1, 0.15) is 0 Å². The molecule has 2 atom stereocenters. The van der Waals surface area contributed by atoms with E-state index in [0.717, 1.165) is 32.1 Å². The third-order valence-electron chi connectivity index (χ3n) is 7.34. The van der Waals surface area contributed by atoms with Crippen molar-refractivity contribution in [3.05, 3.63) is 64.6 Å². The SMILES string of the molecule is Cn1c(N2CCC[C@H](C3C=CC(N4CCCCC4)=CC3)C2)nc(-c2ccncc2F)cc1=O. The van der Waals surface area contributed by atoms with Crippen LogP contribution in [0.3, 0.4) is 0 Å². The topological polar surface area (TPSA) is 54.3 Å².